The summed E-state index contributed by atoms with van der Waals surface area (Å²) in [6, 6.07) is 0.129. The van der Waals surface area contributed by atoms with Crippen molar-refractivity contribution in [2.45, 2.75) is 39.2 Å². The minimum atomic E-state index is -1.42. The van der Waals surface area contributed by atoms with Crippen LogP contribution in [0.2, 0.25) is 0 Å². The smallest absolute Gasteiger partial charge is 0.326 e. The van der Waals surface area contributed by atoms with Crippen molar-refractivity contribution in [2.24, 2.45) is 5.73 Å². The average Bonchev–Trinajstić information content (AvgIpc) is 2.78. The summed E-state index contributed by atoms with van der Waals surface area (Å²) >= 11 is 1.21. The molecule has 1 heterocycles. The van der Waals surface area contributed by atoms with E-state index in [2.05, 4.69) is 10.6 Å². The maximum absolute atomic E-state index is 12.2. The number of aryl methyl sites for hydroxylation is 1. The fourth-order valence-corrected chi connectivity index (χ4v) is 2.75. The summed E-state index contributed by atoms with van der Waals surface area (Å²) in [5.74, 6) is -3.11. The minimum absolute atomic E-state index is 0.160. The van der Waals surface area contributed by atoms with Gasteiger partial charge in [0.2, 0.25) is 11.8 Å². The van der Waals surface area contributed by atoms with Crippen LogP contribution in [0.25, 0.3) is 0 Å². The molecule has 0 aliphatic carbocycles. The number of primary amides is 1. The fourth-order valence-electron chi connectivity index (χ4n) is 1.83. The van der Waals surface area contributed by atoms with Gasteiger partial charge < -0.3 is 21.5 Å². The summed E-state index contributed by atoms with van der Waals surface area (Å²) in [7, 11) is 0. The van der Waals surface area contributed by atoms with E-state index in [0.29, 0.717) is 17.8 Å². The molecule has 23 heavy (non-hydrogen) atoms. The van der Waals surface area contributed by atoms with Crippen LogP contribution in [0, 0.1) is 6.92 Å². The highest BCUT2D eigenvalue weighted by Crippen LogP contribution is 2.28. The fraction of sp³-hybridized carbons (Fsp3) is 0.429. The Morgan fingerprint density at radius 3 is 2.52 bits per heavy atom. The molecule has 9 heteroatoms. The van der Waals surface area contributed by atoms with Gasteiger partial charge in [0.1, 0.15) is 11.0 Å². The first kappa shape index (κ1) is 18.6. The van der Waals surface area contributed by atoms with Gasteiger partial charge in [-0.1, -0.05) is 6.92 Å². The van der Waals surface area contributed by atoms with Gasteiger partial charge in [0, 0.05) is 11.3 Å². The number of aliphatic carboxylic acids is 1. The van der Waals surface area contributed by atoms with Crippen LogP contribution in [-0.2, 0) is 14.4 Å². The van der Waals surface area contributed by atoms with E-state index in [0.717, 1.165) is 4.88 Å². The zero-order valence-electron chi connectivity index (χ0n) is 12.8. The number of thiophene rings is 1. The molecule has 0 aliphatic heterocycles. The maximum Gasteiger partial charge on any atom is 0.326 e. The van der Waals surface area contributed by atoms with Crippen LogP contribution in [-0.4, -0.2) is 34.8 Å². The Labute approximate surface area is 137 Å². The summed E-state index contributed by atoms with van der Waals surface area (Å²) in [6.07, 6.45) is 0.469. The third kappa shape index (κ3) is 5.70. The van der Waals surface area contributed by atoms with Crippen LogP contribution in [0.1, 0.15) is 41.4 Å². The van der Waals surface area contributed by atoms with Crippen LogP contribution < -0.4 is 16.4 Å². The first-order chi connectivity index (χ1) is 10.7. The lowest BCUT2D eigenvalue weighted by Gasteiger charge is -2.13. The van der Waals surface area contributed by atoms with Gasteiger partial charge in [-0.2, -0.15) is 0 Å². The second-order valence-corrected chi connectivity index (χ2v) is 6.19. The summed E-state index contributed by atoms with van der Waals surface area (Å²) in [6.45, 7) is 3.61. The third-order valence-corrected chi connectivity index (χ3v) is 3.80. The van der Waals surface area contributed by atoms with Crippen LogP contribution in [0.15, 0.2) is 6.07 Å². The molecule has 126 valence electrons. The van der Waals surface area contributed by atoms with Gasteiger partial charge in [-0.05, 0) is 19.4 Å². The van der Waals surface area contributed by atoms with Crippen molar-refractivity contribution in [3.05, 3.63) is 16.5 Å². The van der Waals surface area contributed by atoms with E-state index in [1.807, 2.05) is 6.92 Å². The van der Waals surface area contributed by atoms with Crippen molar-refractivity contribution in [3.8, 4) is 0 Å². The highest BCUT2D eigenvalue weighted by Gasteiger charge is 2.25. The van der Waals surface area contributed by atoms with E-state index >= 15 is 0 Å². The van der Waals surface area contributed by atoms with E-state index < -0.39 is 30.2 Å². The van der Waals surface area contributed by atoms with Crippen LogP contribution in [0.3, 0.4) is 0 Å². The predicted octanol–water partition coefficient (Wildman–Crippen LogP) is 0.854. The van der Waals surface area contributed by atoms with E-state index in [1.165, 1.54) is 11.3 Å². The average molecular weight is 341 g/mol. The number of carbonyl (C=O) groups is 4. The summed E-state index contributed by atoms with van der Waals surface area (Å²) in [4.78, 5) is 46.6. The maximum atomic E-state index is 12.2. The standard InChI is InChI=1S/C14H19N3O5S/c1-3-4-11(19)17-13-8(5-7(2)23-13)12(20)16-9(14(21)22)6-10(15)18/h5,9H,3-4,6H2,1-2H3,(H2,15,18)(H,16,20)(H,17,19)(H,21,22). The number of nitrogens with two attached hydrogens (primary N) is 1. The molecular weight excluding hydrogens is 322 g/mol. The minimum Gasteiger partial charge on any atom is -0.480 e. The third-order valence-electron chi connectivity index (χ3n) is 2.84. The Kier molecular flexibility index (Phi) is 6.70. The van der Waals surface area contributed by atoms with E-state index in [9.17, 15) is 19.2 Å². The SMILES string of the molecule is CCCC(=O)Nc1sc(C)cc1C(=O)NC(CC(N)=O)C(=O)O. The van der Waals surface area contributed by atoms with Crippen molar-refractivity contribution >= 4 is 40.0 Å². The molecule has 0 saturated heterocycles. The second-order valence-electron chi connectivity index (χ2n) is 4.93. The van der Waals surface area contributed by atoms with Crippen LogP contribution >= 0.6 is 11.3 Å². The molecule has 0 spiro atoms. The summed E-state index contributed by atoms with van der Waals surface area (Å²) < 4.78 is 0. The van der Waals surface area contributed by atoms with Gasteiger partial charge >= 0.3 is 5.97 Å². The molecule has 1 unspecified atom stereocenters. The number of amides is 3. The Morgan fingerprint density at radius 1 is 1.35 bits per heavy atom. The highest BCUT2D eigenvalue weighted by molar-refractivity contribution is 7.16. The van der Waals surface area contributed by atoms with Gasteiger partial charge in [-0.25, -0.2) is 4.79 Å². The summed E-state index contributed by atoms with van der Waals surface area (Å²) in [5.41, 5.74) is 5.13. The molecule has 0 aromatic carbocycles. The molecule has 3 amide bonds. The Hall–Kier alpha value is -2.42. The van der Waals surface area contributed by atoms with Gasteiger partial charge in [0.05, 0.1) is 12.0 Å². The molecule has 0 aliphatic rings. The lowest BCUT2D eigenvalue weighted by molar-refractivity contribution is -0.140. The molecule has 1 aromatic heterocycles. The topological polar surface area (TPSA) is 139 Å². The molecule has 0 fully saturated rings. The van der Waals surface area contributed by atoms with Crippen molar-refractivity contribution in [2.75, 3.05) is 5.32 Å². The number of carbonyl (C=O) groups excluding carboxylic acids is 3. The molecule has 0 saturated carbocycles. The van der Waals surface area contributed by atoms with Crippen LogP contribution in [0.5, 0.6) is 0 Å². The number of hydrogen-bond donors (Lipinski definition) is 4. The van der Waals surface area contributed by atoms with E-state index in [-0.39, 0.29) is 11.5 Å². The van der Waals surface area contributed by atoms with Gasteiger partial charge in [0.15, 0.2) is 0 Å². The van der Waals surface area contributed by atoms with E-state index in [4.69, 9.17) is 10.8 Å². The van der Waals surface area contributed by atoms with Crippen LogP contribution in [0.4, 0.5) is 5.00 Å². The zero-order chi connectivity index (χ0) is 17.6. The molecule has 1 rings (SSSR count). The number of carboxylic acid groups (broad SMARTS) is 1. The molecule has 0 bridgehead atoms. The number of anilines is 1. The largest absolute Gasteiger partial charge is 0.480 e. The van der Waals surface area contributed by atoms with Gasteiger partial charge in [-0.3, -0.25) is 14.4 Å². The Morgan fingerprint density at radius 2 is 2.00 bits per heavy atom. The summed E-state index contributed by atoms with van der Waals surface area (Å²) in [5, 5.41) is 14.2. The molecule has 1 aromatic rings. The quantitative estimate of drug-likeness (QED) is 0.555. The normalized spacial score (nSPS) is 11.6. The molecule has 1 atom stereocenters. The molecular formula is C14H19N3O5S. The lowest BCUT2D eigenvalue weighted by atomic mass is 10.1. The van der Waals surface area contributed by atoms with Gasteiger partial charge in [-0.15, -0.1) is 11.3 Å². The lowest BCUT2D eigenvalue weighted by Crippen LogP contribution is -2.43. The number of rotatable bonds is 8. The Bertz CT molecular complexity index is 626. The van der Waals surface area contributed by atoms with Crippen molar-refractivity contribution in [1.29, 1.82) is 0 Å². The molecule has 8 nitrogen and oxygen atoms in total. The number of hydrogen-bond acceptors (Lipinski definition) is 5. The number of carboxylic acids is 1. The highest BCUT2D eigenvalue weighted by atomic mass is 32.1. The van der Waals surface area contributed by atoms with Crippen molar-refractivity contribution in [1.82, 2.24) is 5.32 Å². The van der Waals surface area contributed by atoms with E-state index in [1.54, 1.807) is 13.0 Å². The first-order valence-corrected chi connectivity index (χ1v) is 7.78. The monoisotopic (exact) mass is 341 g/mol. The molecule has 5 N–H and O–H groups in total. The van der Waals surface area contributed by atoms with Crippen molar-refractivity contribution < 1.29 is 24.3 Å². The second kappa shape index (κ2) is 8.28. The molecule has 0 radical (unpaired) electrons. The Balaban J connectivity index is 2.92. The number of nitrogens with one attached hydrogen (secondary N) is 2. The predicted molar refractivity (Wildman–Crippen MR) is 85.3 cm³/mol. The zero-order valence-corrected chi connectivity index (χ0v) is 13.7. The first-order valence-electron chi connectivity index (χ1n) is 6.96. The van der Waals surface area contributed by atoms with Gasteiger partial charge in [0.25, 0.3) is 5.91 Å². The van der Waals surface area contributed by atoms with Crippen molar-refractivity contribution in [3.63, 3.8) is 0 Å².